The molecule has 29 heavy (non-hydrogen) atoms. The van der Waals surface area contributed by atoms with Crippen molar-refractivity contribution in [2.75, 3.05) is 13.1 Å². The normalized spacial score (nSPS) is 17.1. The van der Waals surface area contributed by atoms with E-state index in [1.807, 2.05) is 11.8 Å². The summed E-state index contributed by atoms with van der Waals surface area (Å²) >= 11 is 0. The molecule has 0 aliphatic carbocycles. The number of aromatic nitrogens is 3. The van der Waals surface area contributed by atoms with Crippen LogP contribution in [0.1, 0.15) is 52.7 Å². The van der Waals surface area contributed by atoms with Crippen LogP contribution in [-0.4, -0.2) is 38.8 Å². The zero-order valence-corrected chi connectivity index (χ0v) is 17.6. The van der Waals surface area contributed by atoms with Gasteiger partial charge in [0, 0.05) is 41.7 Å². The zero-order valence-electron chi connectivity index (χ0n) is 17.6. The number of rotatable bonds is 3. The lowest BCUT2D eigenvalue weighted by atomic mass is 9.93. The van der Waals surface area contributed by atoms with Crippen LogP contribution in [0.3, 0.4) is 0 Å². The number of piperidine rings is 1. The summed E-state index contributed by atoms with van der Waals surface area (Å²) < 4.78 is 0. The van der Waals surface area contributed by atoms with Gasteiger partial charge >= 0.3 is 0 Å². The van der Waals surface area contributed by atoms with Crippen LogP contribution in [0.5, 0.6) is 0 Å². The number of nitrogens with one attached hydrogen (secondary N) is 2. The number of amides is 1. The third-order valence-electron chi connectivity index (χ3n) is 5.97. The average molecular weight is 393 g/mol. The molecule has 3 aromatic rings. The van der Waals surface area contributed by atoms with Gasteiger partial charge in [0.05, 0.1) is 12.1 Å². The smallest absolute Gasteiger partial charge is 0.251 e. The van der Waals surface area contributed by atoms with Gasteiger partial charge < -0.3 is 14.9 Å². The first-order valence-electron chi connectivity index (χ1n) is 10.3. The van der Waals surface area contributed by atoms with Gasteiger partial charge in [-0.2, -0.15) is 0 Å². The molecule has 0 bridgehead atoms. The molecule has 1 aliphatic rings. The predicted octanol–water partition coefficient (Wildman–Crippen LogP) is 3.43. The highest BCUT2D eigenvalue weighted by Crippen LogP contribution is 2.29. The summed E-state index contributed by atoms with van der Waals surface area (Å²) in [5.74, 6) is 0.873. The molecule has 3 heterocycles. The minimum atomic E-state index is -0.129. The Hall–Kier alpha value is -2.89. The van der Waals surface area contributed by atoms with E-state index in [-0.39, 0.29) is 17.4 Å². The molecule has 2 aromatic heterocycles. The van der Waals surface area contributed by atoms with Crippen molar-refractivity contribution in [3.8, 4) is 0 Å². The van der Waals surface area contributed by atoms with Gasteiger partial charge in [0.2, 0.25) is 5.91 Å². The van der Waals surface area contributed by atoms with Gasteiger partial charge in [-0.1, -0.05) is 11.6 Å². The number of aryl methyl sites for hydroxylation is 4. The van der Waals surface area contributed by atoms with Gasteiger partial charge in [0.1, 0.15) is 5.82 Å². The van der Waals surface area contributed by atoms with E-state index in [1.54, 1.807) is 13.0 Å². The number of carbonyl (C=O) groups excluding carboxylic acids is 1. The van der Waals surface area contributed by atoms with Crippen LogP contribution in [0.4, 0.5) is 0 Å². The number of fused-ring (bicyclic) bond motifs is 1. The van der Waals surface area contributed by atoms with Crippen LogP contribution < -0.4 is 5.56 Å². The van der Waals surface area contributed by atoms with E-state index >= 15 is 0 Å². The molecule has 1 aliphatic heterocycles. The van der Waals surface area contributed by atoms with Gasteiger partial charge in [0.25, 0.3) is 5.56 Å². The molecule has 1 atom stereocenters. The number of carbonyl (C=O) groups is 1. The first-order chi connectivity index (χ1) is 13.8. The van der Waals surface area contributed by atoms with Crippen LogP contribution >= 0.6 is 0 Å². The maximum absolute atomic E-state index is 13.2. The van der Waals surface area contributed by atoms with Crippen LogP contribution in [0.2, 0.25) is 0 Å². The van der Waals surface area contributed by atoms with Crippen molar-refractivity contribution >= 4 is 16.8 Å². The van der Waals surface area contributed by atoms with Crippen molar-refractivity contribution in [3.05, 3.63) is 62.5 Å². The number of hydrogen-bond acceptors (Lipinski definition) is 3. The number of hydrogen-bond donors (Lipinski definition) is 2. The molecule has 0 saturated carbocycles. The minimum absolute atomic E-state index is 0.113. The maximum Gasteiger partial charge on any atom is 0.251 e. The molecular formula is C23H28N4O2. The van der Waals surface area contributed by atoms with Crippen molar-refractivity contribution < 1.29 is 4.79 Å². The maximum atomic E-state index is 13.2. The van der Waals surface area contributed by atoms with Crippen molar-refractivity contribution in [3.63, 3.8) is 0 Å². The Balaban J connectivity index is 1.57. The van der Waals surface area contributed by atoms with Gasteiger partial charge in [0.15, 0.2) is 0 Å². The predicted molar refractivity (Wildman–Crippen MR) is 114 cm³/mol. The average Bonchev–Trinajstić information content (AvgIpc) is 2.97. The lowest BCUT2D eigenvalue weighted by Gasteiger charge is -2.32. The van der Waals surface area contributed by atoms with Crippen LogP contribution in [0.25, 0.3) is 10.9 Å². The molecule has 1 aromatic carbocycles. The van der Waals surface area contributed by atoms with Gasteiger partial charge in [-0.05, 0) is 57.7 Å². The van der Waals surface area contributed by atoms with E-state index in [2.05, 4.69) is 40.9 Å². The molecule has 2 N–H and O–H groups in total. The lowest BCUT2D eigenvalue weighted by molar-refractivity contribution is -0.131. The topological polar surface area (TPSA) is 81.9 Å². The Morgan fingerprint density at radius 2 is 1.97 bits per heavy atom. The van der Waals surface area contributed by atoms with Crippen molar-refractivity contribution in [2.45, 2.75) is 52.9 Å². The Bertz CT molecular complexity index is 1140. The van der Waals surface area contributed by atoms with Crippen LogP contribution in [0, 0.1) is 27.7 Å². The van der Waals surface area contributed by atoms with Gasteiger partial charge in [-0.15, -0.1) is 0 Å². The number of nitrogens with zero attached hydrogens (tertiary/aromatic N) is 2. The highest BCUT2D eigenvalue weighted by Gasteiger charge is 2.27. The molecule has 1 amide bonds. The summed E-state index contributed by atoms with van der Waals surface area (Å²) in [7, 11) is 0. The molecule has 4 rings (SSSR count). The Morgan fingerprint density at radius 3 is 2.72 bits per heavy atom. The van der Waals surface area contributed by atoms with E-state index in [9.17, 15) is 9.59 Å². The second-order valence-electron chi connectivity index (χ2n) is 8.34. The van der Waals surface area contributed by atoms with Crippen LogP contribution in [-0.2, 0) is 11.2 Å². The molecule has 6 nitrogen and oxygen atoms in total. The molecule has 152 valence electrons. The van der Waals surface area contributed by atoms with Crippen molar-refractivity contribution in [2.24, 2.45) is 0 Å². The van der Waals surface area contributed by atoms with E-state index in [0.29, 0.717) is 18.8 Å². The summed E-state index contributed by atoms with van der Waals surface area (Å²) in [4.78, 5) is 37.6. The molecule has 6 heteroatoms. The third-order valence-corrected chi connectivity index (χ3v) is 5.97. The monoisotopic (exact) mass is 392 g/mol. The molecule has 0 unspecified atom stereocenters. The van der Waals surface area contributed by atoms with Crippen molar-refractivity contribution in [1.29, 1.82) is 0 Å². The van der Waals surface area contributed by atoms with Gasteiger partial charge in [-0.3, -0.25) is 9.59 Å². The molecule has 0 radical (unpaired) electrons. The molecule has 1 saturated heterocycles. The summed E-state index contributed by atoms with van der Waals surface area (Å²) in [6.45, 7) is 9.40. The summed E-state index contributed by atoms with van der Waals surface area (Å²) in [6.07, 6.45) is 2.27. The summed E-state index contributed by atoms with van der Waals surface area (Å²) in [6, 6.07) is 5.90. The summed E-state index contributed by atoms with van der Waals surface area (Å²) in [5.41, 5.74) is 6.34. The molecule has 1 fully saturated rings. The standard InChI is InChI=1S/C23H28N4O2/c1-13-8-14(2)23-19(9-13)18(15(3)24-23)10-22(29)27-7-5-6-17(12-27)20-11-21(28)26-16(4)25-20/h8-9,11,17,24H,5-7,10,12H2,1-4H3,(H,25,26,28)/t17-/m0/s1. The summed E-state index contributed by atoms with van der Waals surface area (Å²) in [5, 5.41) is 1.15. The first-order valence-corrected chi connectivity index (χ1v) is 10.3. The fourth-order valence-corrected chi connectivity index (χ4v) is 4.58. The largest absolute Gasteiger partial charge is 0.358 e. The fourth-order valence-electron chi connectivity index (χ4n) is 4.58. The third kappa shape index (κ3) is 3.84. The highest BCUT2D eigenvalue weighted by atomic mass is 16.2. The number of likely N-dealkylation sites (tertiary alicyclic amines) is 1. The number of benzene rings is 1. The van der Waals surface area contributed by atoms with E-state index in [1.165, 1.54) is 11.1 Å². The molecular weight excluding hydrogens is 364 g/mol. The second kappa shape index (κ2) is 7.50. The van der Waals surface area contributed by atoms with Crippen LogP contribution in [0.15, 0.2) is 23.0 Å². The minimum Gasteiger partial charge on any atom is -0.358 e. The quantitative estimate of drug-likeness (QED) is 0.716. The Kier molecular flexibility index (Phi) is 5.03. The van der Waals surface area contributed by atoms with E-state index in [0.717, 1.165) is 47.2 Å². The van der Waals surface area contributed by atoms with E-state index < -0.39 is 0 Å². The lowest BCUT2D eigenvalue weighted by Crippen LogP contribution is -2.40. The van der Waals surface area contributed by atoms with Crippen molar-refractivity contribution in [1.82, 2.24) is 19.9 Å². The van der Waals surface area contributed by atoms with E-state index in [4.69, 9.17) is 0 Å². The highest BCUT2D eigenvalue weighted by molar-refractivity contribution is 5.92. The SMILES string of the molecule is Cc1cc(C)c2[nH]c(C)c(CC(=O)N3CCC[C@H](c4cc(=O)[nH]c(C)n4)C3)c2c1. The number of H-pyrrole nitrogens is 2. The molecule has 0 spiro atoms. The van der Waals surface area contributed by atoms with Gasteiger partial charge in [-0.25, -0.2) is 4.98 Å². The zero-order chi connectivity index (χ0) is 20.7. The number of aromatic amines is 2. The Morgan fingerprint density at radius 1 is 1.17 bits per heavy atom. The second-order valence-corrected chi connectivity index (χ2v) is 8.34. The fraction of sp³-hybridized carbons (Fsp3) is 0.435. The first kappa shape index (κ1) is 19.4. The Labute approximate surface area is 170 Å².